The van der Waals surface area contributed by atoms with Crippen LogP contribution in [0.4, 0.5) is 0 Å². The molecule has 1 aromatic heterocycles. The van der Waals surface area contributed by atoms with Gasteiger partial charge in [0.1, 0.15) is 0 Å². The Morgan fingerprint density at radius 2 is 2.57 bits per heavy atom. The normalized spacial score (nSPS) is 38.3. The topological polar surface area (TPSA) is 42.2 Å². The molecule has 4 heteroatoms. The third-order valence-electron chi connectivity index (χ3n) is 3.78. The smallest absolute Gasteiger partial charge is 0.0795 e. The molecule has 76 valence electrons. The number of nitrogens with two attached hydrogens (primary N) is 1. The second kappa shape index (κ2) is 3.02. The van der Waals surface area contributed by atoms with Gasteiger partial charge in [-0.2, -0.15) is 0 Å². The van der Waals surface area contributed by atoms with E-state index in [-0.39, 0.29) is 0 Å². The van der Waals surface area contributed by atoms with E-state index in [1.54, 1.807) is 11.3 Å². The molecule has 0 spiro atoms. The quantitative estimate of drug-likeness (QED) is 0.796. The minimum atomic E-state index is 0.427. The third kappa shape index (κ3) is 1.08. The summed E-state index contributed by atoms with van der Waals surface area (Å²) in [7, 11) is 0. The van der Waals surface area contributed by atoms with Crippen LogP contribution in [-0.2, 0) is 0 Å². The van der Waals surface area contributed by atoms with Crippen LogP contribution in [0.2, 0.25) is 0 Å². The van der Waals surface area contributed by atoms with Crippen molar-refractivity contribution in [1.82, 2.24) is 9.88 Å². The van der Waals surface area contributed by atoms with E-state index in [0.717, 1.165) is 5.92 Å². The zero-order valence-electron chi connectivity index (χ0n) is 8.26. The first-order chi connectivity index (χ1) is 6.77. The molecule has 1 aliphatic carbocycles. The number of hydrogen-bond donors (Lipinski definition) is 1. The molecule has 2 saturated heterocycles. The Bertz CT molecular complexity index is 324. The number of aromatic nitrogens is 1. The van der Waals surface area contributed by atoms with E-state index in [0.29, 0.717) is 18.1 Å². The first kappa shape index (κ1) is 8.83. The van der Waals surface area contributed by atoms with Crippen LogP contribution in [0.15, 0.2) is 10.9 Å². The maximum absolute atomic E-state index is 6.05. The van der Waals surface area contributed by atoms with E-state index in [1.807, 2.05) is 5.51 Å². The monoisotopic (exact) mass is 209 g/mol. The van der Waals surface area contributed by atoms with Crippen molar-refractivity contribution in [2.45, 2.75) is 31.5 Å². The fraction of sp³-hybridized carbons (Fsp3) is 0.700. The summed E-state index contributed by atoms with van der Waals surface area (Å²) in [5.74, 6) is 0.751. The summed E-state index contributed by atoms with van der Waals surface area (Å²) in [6.07, 6.45) is 1.30. The summed E-state index contributed by atoms with van der Waals surface area (Å²) >= 11 is 1.67. The number of thiazole rings is 1. The lowest BCUT2D eigenvalue weighted by molar-refractivity contribution is 0.172. The fourth-order valence-corrected chi connectivity index (χ4v) is 3.39. The van der Waals surface area contributed by atoms with E-state index < -0.39 is 0 Å². The number of hydrogen-bond acceptors (Lipinski definition) is 4. The van der Waals surface area contributed by atoms with Crippen molar-refractivity contribution in [3.8, 4) is 0 Å². The molecule has 14 heavy (non-hydrogen) atoms. The Morgan fingerprint density at radius 3 is 3.07 bits per heavy atom. The predicted octanol–water partition coefficient (Wildman–Crippen LogP) is 1.24. The summed E-state index contributed by atoms with van der Waals surface area (Å²) in [6, 6.07) is 1.50. The molecule has 0 amide bonds. The van der Waals surface area contributed by atoms with E-state index in [2.05, 4.69) is 22.2 Å². The third-order valence-corrected chi connectivity index (χ3v) is 4.39. The molecule has 3 nitrogen and oxygen atoms in total. The maximum atomic E-state index is 6.05. The lowest BCUT2D eigenvalue weighted by atomic mass is 9.81. The van der Waals surface area contributed by atoms with Gasteiger partial charge in [-0.3, -0.25) is 4.90 Å². The van der Waals surface area contributed by atoms with Crippen LogP contribution in [0, 0.1) is 5.92 Å². The minimum Gasteiger partial charge on any atom is -0.326 e. The van der Waals surface area contributed by atoms with Crippen molar-refractivity contribution in [3.05, 3.63) is 16.6 Å². The molecule has 4 rings (SSSR count). The molecule has 0 aromatic carbocycles. The van der Waals surface area contributed by atoms with E-state index in [9.17, 15) is 0 Å². The van der Waals surface area contributed by atoms with Crippen LogP contribution in [0.25, 0.3) is 0 Å². The average molecular weight is 209 g/mol. The summed E-state index contributed by atoms with van der Waals surface area (Å²) in [4.78, 5) is 6.89. The van der Waals surface area contributed by atoms with Crippen LogP contribution < -0.4 is 5.73 Å². The van der Waals surface area contributed by atoms with E-state index in [1.165, 1.54) is 18.7 Å². The first-order valence-electron chi connectivity index (χ1n) is 5.17. The van der Waals surface area contributed by atoms with Crippen molar-refractivity contribution < 1.29 is 0 Å². The molecule has 1 saturated carbocycles. The van der Waals surface area contributed by atoms with Gasteiger partial charge in [0.15, 0.2) is 0 Å². The number of rotatable bonds is 2. The molecule has 4 unspecified atom stereocenters. The molecule has 2 N–H and O–H groups in total. The van der Waals surface area contributed by atoms with Gasteiger partial charge in [0.25, 0.3) is 0 Å². The molecule has 3 aliphatic rings. The zero-order chi connectivity index (χ0) is 9.71. The van der Waals surface area contributed by atoms with Crippen LogP contribution in [0.3, 0.4) is 0 Å². The zero-order valence-corrected chi connectivity index (χ0v) is 9.07. The molecule has 2 bridgehead atoms. The lowest BCUT2D eigenvalue weighted by Gasteiger charge is -2.35. The van der Waals surface area contributed by atoms with Crippen molar-refractivity contribution in [2.75, 3.05) is 6.54 Å². The van der Waals surface area contributed by atoms with Crippen LogP contribution in [0.5, 0.6) is 0 Å². The molecule has 1 aromatic rings. The fourth-order valence-electron chi connectivity index (χ4n) is 2.75. The van der Waals surface area contributed by atoms with Gasteiger partial charge < -0.3 is 5.73 Å². The summed E-state index contributed by atoms with van der Waals surface area (Å²) in [5.41, 5.74) is 9.16. The summed E-state index contributed by atoms with van der Waals surface area (Å²) < 4.78 is 0. The molecule has 3 fully saturated rings. The number of nitrogens with zero attached hydrogens (tertiary/aromatic N) is 2. The molecular formula is C10H15N3S. The lowest BCUT2D eigenvalue weighted by Crippen LogP contribution is -2.49. The van der Waals surface area contributed by atoms with Gasteiger partial charge in [-0.25, -0.2) is 4.98 Å². The van der Waals surface area contributed by atoms with Gasteiger partial charge in [-0.15, -0.1) is 11.3 Å². The van der Waals surface area contributed by atoms with Crippen molar-refractivity contribution >= 4 is 11.3 Å². The molecule has 4 atom stereocenters. The Kier molecular flexibility index (Phi) is 1.90. The Hall–Kier alpha value is -0.450. The van der Waals surface area contributed by atoms with Gasteiger partial charge in [-0.1, -0.05) is 0 Å². The van der Waals surface area contributed by atoms with Crippen LogP contribution in [0.1, 0.15) is 25.1 Å². The van der Waals surface area contributed by atoms with Crippen molar-refractivity contribution in [3.63, 3.8) is 0 Å². The highest BCUT2D eigenvalue weighted by molar-refractivity contribution is 7.07. The van der Waals surface area contributed by atoms with Crippen molar-refractivity contribution in [1.29, 1.82) is 0 Å². The molecule has 2 aliphatic heterocycles. The predicted molar refractivity (Wildman–Crippen MR) is 57.1 cm³/mol. The van der Waals surface area contributed by atoms with Gasteiger partial charge in [-0.05, 0) is 19.3 Å². The van der Waals surface area contributed by atoms with Gasteiger partial charge in [0.05, 0.1) is 17.2 Å². The second-order valence-corrected chi connectivity index (χ2v) is 5.15. The highest BCUT2D eigenvalue weighted by atomic mass is 32.1. The molecule has 0 radical (unpaired) electrons. The van der Waals surface area contributed by atoms with Crippen LogP contribution in [-0.4, -0.2) is 28.5 Å². The second-order valence-electron chi connectivity index (χ2n) is 4.43. The van der Waals surface area contributed by atoms with Crippen molar-refractivity contribution in [2.24, 2.45) is 11.7 Å². The number of fused-ring (bicyclic) bond motifs is 1. The largest absolute Gasteiger partial charge is 0.326 e. The van der Waals surface area contributed by atoms with Gasteiger partial charge in [0.2, 0.25) is 0 Å². The summed E-state index contributed by atoms with van der Waals surface area (Å²) in [5, 5.41) is 2.14. The Morgan fingerprint density at radius 1 is 1.71 bits per heavy atom. The minimum absolute atomic E-state index is 0.427. The van der Waals surface area contributed by atoms with E-state index >= 15 is 0 Å². The molecular weight excluding hydrogens is 194 g/mol. The Balaban J connectivity index is 1.78. The SMILES string of the molecule is CC(c1cscn1)N1CC2CC1C2N. The van der Waals surface area contributed by atoms with Gasteiger partial charge >= 0.3 is 0 Å². The highest BCUT2D eigenvalue weighted by Crippen LogP contribution is 2.43. The van der Waals surface area contributed by atoms with Crippen LogP contribution >= 0.6 is 11.3 Å². The average Bonchev–Trinajstić information content (AvgIpc) is 2.89. The standard InChI is InChI=1S/C10H15N3S/c1-6(8-4-14-5-12-8)13-3-7-2-9(13)10(7)11/h4-7,9-10H,2-3,11H2,1H3. The molecule has 3 heterocycles. The van der Waals surface area contributed by atoms with Gasteiger partial charge in [0, 0.05) is 24.0 Å². The highest BCUT2D eigenvalue weighted by Gasteiger charge is 2.51. The maximum Gasteiger partial charge on any atom is 0.0795 e. The Labute approximate surface area is 87.9 Å². The first-order valence-corrected chi connectivity index (χ1v) is 6.11. The summed E-state index contributed by atoms with van der Waals surface area (Å²) in [6.45, 7) is 3.41. The van der Waals surface area contributed by atoms with E-state index in [4.69, 9.17) is 5.73 Å².